The molecule has 1 heteroatoms. The van der Waals surface area contributed by atoms with Crippen LogP contribution in [0.4, 0.5) is 4.39 Å². The predicted octanol–water partition coefficient (Wildman–Crippen LogP) is 6.02. The van der Waals surface area contributed by atoms with Gasteiger partial charge in [0.05, 0.1) is 0 Å². The molecule has 1 aromatic carbocycles. The zero-order valence-electron chi connectivity index (χ0n) is 13.7. The highest BCUT2D eigenvalue weighted by Crippen LogP contribution is 2.45. The quantitative estimate of drug-likeness (QED) is 0.588. The van der Waals surface area contributed by atoms with E-state index in [9.17, 15) is 4.39 Å². The molecule has 0 aliphatic heterocycles. The fourth-order valence-electron chi connectivity index (χ4n) is 3.17. The lowest BCUT2D eigenvalue weighted by Gasteiger charge is -2.28. The smallest absolute Gasteiger partial charge is 0.126 e. The van der Waals surface area contributed by atoms with Gasteiger partial charge < -0.3 is 0 Å². The highest BCUT2D eigenvalue weighted by Gasteiger charge is 2.32. The summed E-state index contributed by atoms with van der Waals surface area (Å²) in [5.74, 6) is 1.67. The van der Waals surface area contributed by atoms with E-state index in [4.69, 9.17) is 0 Å². The molecule has 0 aromatic heterocycles. The summed E-state index contributed by atoms with van der Waals surface area (Å²) in [5.41, 5.74) is 3.67. The van der Waals surface area contributed by atoms with Gasteiger partial charge in [0.2, 0.25) is 0 Å². The Kier molecular flexibility index (Phi) is 4.56. The summed E-state index contributed by atoms with van der Waals surface area (Å²) >= 11 is 0. The fourth-order valence-corrected chi connectivity index (χ4v) is 3.17. The molecule has 1 saturated carbocycles. The van der Waals surface area contributed by atoms with Crippen molar-refractivity contribution in [1.82, 2.24) is 0 Å². The molecule has 3 rings (SSSR count). The third kappa shape index (κ3) is 3.62. The Balaban J connectivity index is 0.000000247. The molecule has 0 saturated heterocycles. The molecule has 0 nitrogen and oxygen atoms in total. The molecule has 0 unspecified atom stereocenters. The van der Waals surface area contributed by atoms with Gasteiger partial charge in [-0.2, -0.15) is 0 Å². The van der Waals surface area contributed by atoms with Crippen molar-refractivity contribution >= 4 is 0 Å². The molecule has 0 spiro atoms. The van der Waals surface area contributed by atoms with Crippen molar-refractivity contribution in [1.29, 1.82) is 0 Å². The van der Waals surface area contributed by atoms with Crippen LogP contribution >= 0.6 is 0 Å². The van der Waals surface area contributed by atoms with Crippen molar-refractivity contribution in [2.45, 2.75) is 72.6 Å². The van der Waals surface area contributed by atoms with Crippen LogP contribution in [-0.2, 0) is 6.42 Å². The van der Waals surface area contributed by atoms with Crippen molar-refractivity contribution in [2.75, 3.05) is 0 Å². The molecule has 0 heterocycles. The summed E-state index contributed by atoms with van der Waals surface area (Å²) in [4.78, 5) is 0. The minimum Gasteiger partial charge on any atom is -0.207 e. The lowest BCUT2D eigenvalue weighted by atomic mass is 9.77. The molecule has 1 aromatic rings. The van der Waals surface area contributed by atoms with E-state index in [1.54, 1.807) is 6.07 Å². The molecule has 2 aliphatic carbocycles. The van der Waals surface area contributed by atoms with Gasteiger partial charge in [-0.05, 0) is 59.8 Å². The van der Waals surface area contributed by atoms with Gasteiger partial charge in [-0.25, -0.2) is 4.39 Å². The number of halogens is 1. The Morgan fingerprint density at radius 3 is 2.25 bits per heavy atom. The van der Waals surface area contributed by atoms with Gasteiger partial charge in [0.25, 0.3) is 0 Å². The Labute approximate surface area is 123 Å². The Bertz CT molecular complexity index is 463. The standard InChI is InChI=1S/C14H19F.C5H10/c1-9-7-11-10(8-13(9)15)5-6-12(11)14(2,3)4;1-2-5-3-4-5/h7-8,12H,5-6H2,1-4H3;5H,2-4H2,1H3/t12-;/m1./s1. The van der Waals surface area contributed by atoms with Crippen molar-refractivity contribution in [3.8, 4) is 0 Å². The molecular formula is C19H29F. The molecule has 0 N–H and O–H groups in total. The normalized spacial score (nSPS) is 21.2. The van der Waals surface area contributed by atoms with Crippen LogP contribution in [0.25, 0.3) is 0 Å². The van der Waals surface area contributed by atoms with E-state index in [1.165, 1.54) is 36.8 Å². The zero-order valence-corrected chi connectivity index (χ0v) is 13.7. The molecule has 0 amide bonds. The van der Waals surface area contributed by atoms with Crippen LogP contribution in [0.5, 0.6) is 0 Å². The molecular weight excluding hydrogens is 247 g/mol. The first-order valence-electron chi connectivity index (χ1n) is 8.11. The topological polar surface area (TPSA) is 0 Å². The van der Waals surface area contributed by atoms with E-state index in [-0.39, 0.29) is 11.2 Å². The first-order valence-corrected chi connectivity index (χ1v) is 8.11. The van der Waals surface area contributed by atoms with Gasteiger partial charge in [0, 0.05) is 0 Å². The minimum atomic E-state index is -0.0525. The van der Waals surface area contributed by atoms with Crippen LogP contribution in [0.15, 0.2) is 12.1 Å². The third-order valence-corrected chi connectivity index (χ3v) is 4.82. The summed E-state index contributed by atoms with van der Waals surface area (Å²) in [6, 6.07) is 3.78. The van der Waals surface area contributed by atoms with Gasteiger partial charge >= 0.3 is 0 Å². The molecule has 1 atom stereocenters. The Morgan fingerprint density at radius 2 is 1.80 bits per heavy atom. The molecule has 0 bridgehead atoms. The van der Waals surface area contributed by atoms with Crippen LogP contribution in [0.2, 0.25) is 0 Å². The molecule has 1 fully saturated rings. The maximum Gasteiger partial charge on any atom is 0.126 e. The second kappa shape index (κ2) is 5.87. The average Bonchev–Trinajstić information content (AvgIpc) is 3.11. The van der Waals surface area contributed by atoms with Crippen molar-refractivity contribution in [3.63, 3.8) is 0 Å². The van der Waals surface area contributed by atoms with Gasteiger partial charge in [0.1, 0.15) is 5.82 Å². The van der Waals surface area contributed by atoms with Gasteiger partial charge in [-0.3, -0.25) is 0 Å². The minimum absolute atomic E-state index is 0.0525. The van der Waals surface area contributed by atoms with Crippen LogP contribution < -0.4 is 0 Å². The van der Waals surface area contributed by atoms with E-state index in [1.807, 2.05) is 13.0 Å². The van der Waals surface area contributed by atoms with Crippen LogP contribution in [-0.4, -0.2) is 0 Å². The van der Waals surface area contributed by atoms with Crippen LogP contribution in [0.3, 0.4) is 0 Å². The number of hydrogen-bond donors (Lipinski definition) is 0. The Hall–Kier alpha value is -0.850. The SMILES string of the molecule is CCC1CC1.Cc1cc2c(cc1F)CC[C@H]2C(C)(C)C. The first kappa shape index (κ1) is 15.5. The number of rotatable bonds is 1. The Morgan fingerprint density at radius 1 is 1.15 bits per heavy atom. The van der Waals surface area contributed by atoms with Gasteiger partial charge in [-0.15, -0.1) is 0 Å². The zero-order chi connectivity index (χ0) is 14.9. The summed E-state index contributed by atoms with van der Waals surface area (Å²) < 4.78 is 13.4. The highest BCUT2D eigenvalue weighted by molar-refractivity contribution is 5.39. The number of benzene rings is 1. The summed E-state index contributed by atoms with van der Waals surface area (Å²) in [6.07, 6.45) is 6.64. The van der Waals surface area contributed by atoms with E-state index in [0.717, 1.165) is 17.9 Å². The number of aryl methyl sites for hydroxylation is 2. The molecule has 112 valence electrons. The van der Waals surface area contributed by atoms with Crippen LogP contribution in [0.1, 0.15) is 76.0 Å². The monoisotopic (exact) mass is 276 g/mol. The second-order valence-corrected chi connectivity index (χ2v) is 7.61. The van der Waals surface area contributed by atoms with Crippen molar-refractivity contribution < 1.29 is 4.39 Å². The van der Waals surface area contributed by atoms with Crippen molar-refractivity contribution in [2.24, 2.45) is 11.3 Å². The van der Waals surface area contributed by atoms with E-state index in [2.05, 4.69) is 27.7 Å². The van der Waals surface area contributed by atoms with E-state index >= 15 is 0 Å². The third-order valence-electron chi connectivity index (χ3n) is 4.82. The summed E-state index contributed by atoms with van der Waals surface area (Å²) in [7, 11) is 0. The summed E-state index contributed by atoms with van der Waals surface area (Å²) in [5, 5.41) is 0. The second-order valence-electron chi connectivity index (χ2n) is 7.61. The molecule has 0 radical (unpaired) electrons. The largest absolute Gasteiger partial charge is 0.207 e. The van der Waals surface area contributed by atoms with E-state index in [0.29, 0.717) is 5.92 Å². The first-order chi connectivity index (χ1) is 9.32. The van der Waals surface area contributed by atoms with Crippen molar-refractivity contribution in [3.05, 3.63) is 34.6 Å². The number of fused-ring (bicyclic) bond motifs is 1. The lowest BCUT2D eigenvalue weighted by molar-refractivity contribution is 0.319. The fraction of sp³-hybridized carbons (Fsp3) is 0.684. The molecule has 2 aliphatic rings. The average molecular weight is 276 g/mol. The van der Waals surface area contributed by atoms with E-state index < -0.39 is 0 Å². The van der Waals surface area contributed by atoms with Gasteiger partial charge in [-0.1, -0.05) is 53.0 Å². The lowest BCUT2D eigenvalue weighted by Crippen LogP contribution is -2.15. The number of hydrogen-bond acceptors (Lipinski definition) is 0. The molecule has 20 heavy (non-hydrogen) atoms. The van der Waals surface area contributed by atoms with Gasteiger partial charge in [0.15, 0.2) is 0 Å². The van der Waals surface area contributed by atoms with Crippen LogP contribution in [0, 0.1) is 24.1 Å². The highest BCUT2D eigenvalue weighted by atomic mass is 19.1. The maximum absolute atomic E-state index is 13.4. The maximum atomic E-state index is 13.4. The summed E-state index contributed by atoms with van der Waals surface area (Å²) in [6.45, 7) is 10.9. The predicted molar refractivity (Wildman–Crippen MR) is 84.7 cm³/mol.